The number of halogens is 1. The zero-order valence-electron chi connectivity index (χ0n) is 10.7. The first-order valence-corrected chi connectivity index (χ1v) is 6.00. The maximum absolute atomic E-state index is 12.9. The Morgan fingerprint density at radius 2 is 2.28 bits per heavy atom. The van der Waals surface area contributed by atoms with E-state index >= 15 is 0 Å². The number of hydrogen-bond acceptors (Lipinski definition) is 3. The summed E-state index contributed by atoms with van der Waals surface area (Å²) < 4.78 is 18.1. The van der Waals surface area contributed by atoms with Crippen molar-refractivity contribution in [1.29, 1.82) is 0 Å². The van der Waals surface area contributed by atoms with E-state index in [2.05, 4.69) is 5.32 Å². The van der Waals surface area contributed by atoms with Gasteiger partial charge in [0.05, 0.1) is 5.69 Å². The highest BCUT2D eigenvalue weighted by Crippen LogP contribution is 2.21. The largest absolute Gasteiger partial charge is 0.482 e. The lowest BCUT2D eigenvalue weighted by atomic mass is 10.2. The molecule has 5 heteroatoms. The van der Waals surface area contributed by atoms with Crippen LogP contribution in [0.4, 0.5) is 10.1 Å². The molecule has 1 aromatic rings. The average Bonchev–Trinajstić information content (AvgIpc) is 2.30. The molecule has 0 saturated heterocycles. The summed E-state index contributed by atoms with van der Waals surface area (Å²) in [7, 11) is 0. The average molecular weight is 254 g/mol. The van der Waals surface area contributed by atoms with Gasteiger partial charge in [0.1, 0.15) is 11.6 Å². The van der Waals surface area contributed by atoms with Gasteiger partial charge in [0.15, 0.2) is 6.61 Å². The maximum Gasteiger partial charge on any atom is 0.258 e. The van der Waals surface area contributed by atoms with Gasteiger partial charge >= 0.3 is 0 Å². The molecule has 0 radical (unpaired) electrons. The second kappa shape index (κ2) is 6.83. The molecule has 0 aliphatic heterocycles. The van der Waals surface area contributed by atoms with Crippen LogP contribution in [-0.4, -0.2) is 18.6 Å². The highest BCUT2D eigenvalue weighted by Gasteiger charge is 2.09. The van der Waals surface area contributed by atoms with Crippen molar-refractivity contribution in [2.45, 2.75) is 32.7 Å². The topological polar surface area (TPSA) is 64.3 Å². The number of carbonyl (C=O) groups excluding carboxylic acids is 1. The van der Waals surface area contributed by atoms with Gasteiger partial charge in [-0.3, -0.25) is 4.79 Å². The monoisotopic (exact) mass is 254 g/mol. The molecule has 1 aromatic carbocycles. The van der Waals surface area contributed by atoms with Crippen molar-refractivity contribution in [1.82, 2.24) is 5.32 Å². The molecule has 0 aromatic heterocycles. The molecule has 0 aliphatic carbocycles. The summed E-state index contributed by atoms with van der Waals surface area (Å²) in [5, 5.41) is 2.79. The zero-order chi connectivity index (χ0) is 13.5. The van der Waals surface area contributed by atoms with E-state index in [9.17, 15) is 9.18 Å². The molecule has 0 aliphatic rings. The number of nitrogen functional groups attached to an aromatic ring is 1. The summed E-state index contributed by atoms with van der Waals surface area (Å²) in [4.78, 5) is 11.5. The first-order valence-electron chi connectivity index (χ1n) is 6.00. The number of rotatable bonds is 6. The van der Waals surface area contributed by atoms with Gasteiger partial charge in [-0.2, -0.15) is 0 Å². The van der Waals surface area contributed by atoms with Gasteiger partial charge in [0.2, 0.25) is 0 Å². The standard InChI is InChI=1S/C13H19FN2O2/c1-3-4-9(2)16-13(17)8-18-12-7-10(14)5-6-11(12)15/h5-7,9H,3-4,8,15H2,1-2H3,(H,16,17). The summed E-state index contributed by atoms with van der Waals surface area (Å²) >= 11 is 0. The maximum atomic E-state index is 12.9. The van der Waals surface area contributed by atoms with Crippen LogP contribution < -0.4 is 15.8 Å². The molecule has 100 valence electrons. The molecule has 1 amide bonds. The SMILES string of the molecule is CCCC(C)NC(=O)COc1cc(F)ccc1N. The van der Waals surface area contributed by atoms with Crippen molar-refractivity contribution in [3.05, 3.63) is 24.0 Å². The van der Waals surface area contributed by atoms with E-state index < -0.39 is 5.82 Å². The van der Waals surface area contributed by atoms with E-state index in [1.807, 2.05) is 13.8 Å². The lowest BCUT2D eigenvalue weighted by Gasteiger charge is -2.13. The van der Waals surface area contributed by atoms with Crippen LogP contribution in [0.2, 0.25) is 0 Å². The smallest absolute Gasteiger partial charge is 0.258 e. The van der Waals surface area contributed by atoms with Crippen LogP contribution in [0.5, 0.6) is 5.75 Å². The van der Waals surface area contributed by atoms with E-state index in [-0.39, 0.29) is 24.3 Å². The highest BCUT2D eigenvalue weighted by atomic mass is 19.1. The van der Waals surface area contributed by atoms with Crippen molar-refractivity contribution < 1.29 is 13.9 Å². The Balaban J connectivity index is 2.45. The second-order valence-electron chi connectivity index (χ2n) is 4.23. The molecule has 18 heavy (non-hydrogen) atoms. The third-order valence-electron chi connectivity index (χ3n) is 2.46. The normalized spacial score (nSPS) is 11.9. The van der Waals surface area contributed by atoms with Crippen LogP contribution in [0.25, 0.3) is 0 Å². The summed E-state index contributed by atoms with van der Waals surface area (Å²) in [5.74, 6) is -0.494. The number of ether oxygens (including phenoxy) is 1. The van der Waals surface area contributed by atoms with Crippen LogP contribution in [0.3, 0.4) is 0 Å². The lowest BCUT2D eigenvalue weighted by molar-refractivity contribution is -0.123. The Kier molecular flexibility index (Phi) is 5.42. The lowest BCUT2D eigenvalue weighted by Crippen LogP contribution is -2.36. The number of nitrogens with two attached hydrogens (primary N) is 1. The van der Waals surface area contributed by atoms with Crippen LogP contribution in [0, 0.1) is 5.82 Å². The van der Waals surface area contributed by atoms with Gasteiger partial charge in [-0.05, 0) is 25.5 Å². The number of hydrogen-bond donors (Lipinski definition) is 2. The quantitative estimate of drug-likeness (QED) is 0.764. The van der Waals surface area contributed by atoms with E-state index in [4.69, 9.17) is 10.5 Å². The Labute approximate surface area is 106 Å². The van der Waals surface area contributed by atoms with Crippen molar-refractivity contribution in [2.24, 2.45) is 0 Å². The van der Waals surface area contributed by atoms with Crippen LogP contribution in [0.1, 0.15) is 26.7 Å². The van der Waals surface area contributed by atoms with E-state index in [1.165, 1.54) is 12.1 Å². The van der Waals surface area contributed by atoms with Gasteiger partial charge in [0, 0.05) is 12.1 Å². The van der Waals surface area contributed by atoms with Gasteiger partial charge in [-0.1, -0.05) is 13.3 Å². The number of amides is 1. The minimum absolute atomic E-state index is 0.107. The van der Waals surface area contributed by atoms with Crippen LogP contribution in [0.15, 0.2) is 18.2 Å². The molecule has 0 saturated carbocycles. The highest BCUT2D eigenvalue weighted by molar-refractivity contribution is 5.78. The van der Waals surface area contributed by atoms with Crippen molar-refractivity contribution in [2.75, 3.05) is 12.3 Å². The molecule has 1 atom stereocenters. The predicted octanol–water partition coefficient (Wildman–Crippen LogP) is 2.09. The number of benzene rings is 1. The fourth-order valence-corrected chi connectivity index (χ4v) is 1.60. The van der Waals surface area contributed by atoms with Gasteiger partial charge in [-0.15, -0.1) is 0 Å². The van der Waals surface area contributed by atoms with E-state index in [0.717, 1.165) is 18.9 Å². The van der Waals surface area contributed by atoms with Crippen LogP contribution >= 0.6 is 0 Å². The number of carbonyl (C=O) groups is 1. The molecule has 1 unspecified atom stereocenters. The molecule has 0 fully saturated rings. The fourth-order valence-electron chi connectivity index (χ4n) is 1.60. The minimum atomic E-state index is -0.445. The molecule has 0 bridgehead atoms. The minimum Gasteiger partial charge on any atom is -0.482 e. The number of nitrogens with one attached hydrogen (secondary N) is 1. The third kappa shape index (κ3) is 4.61. The van der Waals surface area contributed by atoms with E-state index in [1.54, 1.807) is 0 Å². The Bertz CT molecular complexity index is 410. The second-order valence-corrected chi connectivity index (χ2v) is 4.23. The molecule has 0 spiro atoms. The van der Waals surface area contributed by atoms with Gasteiger partial charge in [0.25, 0.3) is 5.91 Å². The Morgan fingerprint density at radius 1 is 1.56 bits per heavy atom. The van der Waals surface area contributed by atoms with Gasteiger partial charge < -0.3 is 15.8 Å². The third-order valence-corrected chi connectivity index (χ3v) is 2.46. The first kappa shape index (κ1) is 14.3. The Morgan fingerprint density at radius 3 is 2.94 bits per heavy atom. The predicted molar refractivity (Wildman–Crippen MR) is 68.8 cm³/mol. The summed E-state index contributed by atoms with van der Waals surface area (Å²) in [6, 6.07) is 3.92. The molecular weight excluding hydrogens is 235 g/mol. The van der Waals surface area contributed by atoms with E-state index in [0.29, 0.717) is 5.69 Å². The summed E-state index contributed by atoms with van der Waals surface area (Å²) in [5.41, 5.74) is 5.91. The van der Waals surface area contributed by atoms with Gasteiger partial charge in [-0.25, -0.2) is 4.39 Å². The fraction of sp³-hybridized carbons (Fsp3) is 0.462. The molecule has 3 N–H and O–H groups in total. The van der Waals surface area contributed by atoms with Crippen molar-refractivity contribution in [3.8, 4) is 5.75 Å². The number of anilines is 1. The van der Waals surface area contributed by atoms with Crippen molar-refractivity contribution >= 4 is 11.6 Å². The Hall–Kier alpha value is -1.78. The summed E-state index contributed by atoms with van der Waals surface area (Å²) in [6.07, 6.45) is 1.91. The van der Waals surface area contributed by atoms with Crippen LogP contribution in [-0.2, 0) is 4.79 Å². The molecule has 0 heterocycles. The van der Waals surface area contributed by atoms with Crippen molar-refractivity contribution in [3.63, 3.8) is 0 Å². The first-order chi connectivity index (χ1) is 8.52. The molecular formula is C13H19FN2O2. The zero-order valence-corrected chi connectivity index (χ0v) is 10.7. The molecule has 1 rings (SSSR count). The summed E-state index contributed by atoms with van der Waals surface area (Å²) in [6.45, 7) is 3.81. The molecule has 4 nitrogen and oxygen atoms in total.